The molecular weight excluding hydrogens is 254 g/mol. The quantitative estimate of drug-likeness (QED) is 0.619. The largest absolute Gasteiger partial charge is 0.399 e. The molecule has 3 aromatic rings. The third kappa shape index (κ3) is 2.18. The molecular formula is C14H13N5O. The summed E-state index contributed by atoms with van der Waals surface area (Å²) in [6.07, 6.45) is 3.14. The zero-order chi connectivity index (χ0) is 14.1. The van der Waals surface area contributed by atoms with Crippen LogP contribution in [0.3, 0.4) is 0 Å². The van der Waals surface area contributed by atoms with Crippen molar-refractivity contribution in [1.29, 1.82) is 0 Å². The Labute approximate surface area is 115 Å². The lowest BCUT2D eigenvalue weighted by Crippen LogP contribution is -2.14. The summed E-state index contributed by atoms with van der Waals surface area (Å²) in [4.78, 5) is 23.4. The Hall–Kier alpha value is -2.89. The highest BCUT2D eigenvalue weighted by Crippen LogP contribution is 2.17. The van der Waals surface area contributed by atoms with E-state index in [0.717, 1.165) is 5.56 Å². The van der Waals surface area contributed by atoms with Crippen LogP contribution in [0.1, 0.15) is 15.9 Å². The van der Waals surface area contributed by atoms with Gasteiger partial charge in [-0.25, -0.2) is 9.97 Å². The van der Waals surface area contributed by atoms with Crippen molar-refractivity contribution in [2.24, 2.45) is 0 Å². The van der Waals surface area contributed by atoms with E-state index in [1.54, 1.807) is 30.7 Å². The summed E-state index contributed by atoms with van der Waals surface area (Å²) in [6, 6.07) is 7.01. The number of nitrogens with one attached hydrogen (secondary N) is 2. The summed E-state index contributed by atoms with van der Waals surface area (Å²) in [5, 5.41) is 2.80. The van der Waals surface area contributed by atoms with Gasteiger partial charge in [0.1, 0.15) is 5.52 Å². The van der Waals surface area contributed by atoms with E-state index in [9.17, 15) is 4.79 Å². The number of nitrogens with two attached hydrogens (primary N) is 1. The minimum absolute atomic E-state index is 0.216. The SMILES string of the molecule is Cc1ccc(N)cc1C(=O)Nc1cnc2[nH]cnc2c1. The molecule has 2 heterocycles. The van der Waals surface area contributed by atoms with Crippen LogP contribution in [0.15, 0.2) is 36.8 Å². The summed E-state index contributed by atoms with van der Waals surface area (Å²) in [5.41, 5.74) is 9.66. The van der Waals surface area contributed by atoms with Gasteiger partial charge in [-0.3, -0.25) is 4.79 Å². The number of carbonyl (C=O) groups is 1. The second-order valence-corrected chi connectivity index (χ2v) is 4.52. The van der Waals surface area contributed by atoms with E-state index in [2.05, 4.69) is 20.3 Å². The second-order valence-electron chi connectivity index (χ2n) is 4.52. The van der Waals surface area contributed by atoms with E-state index in [4.69, 9.17) is 5.73 Å². The highest BCUT2D eigenvalue weighted by Gasteiger charge is 2.10. The molecule has 20 heavy (non-hydrogen) atoms. The normalized spacial score (nSPS) is 10.7. The maximum atomic E-state index is 12.2. The number of nitrogens with zero attached hydrogens (tertiary/aromatic N) is 2. The van der Waals surface area contributed by atoms with Gasteiger partial charge < -0.3 is 16.0 Å². The van der Waals surface area contributed by atoms with Crippen LogP contribution in [0.2, 0.25) is 0 Å². The molecule has 0 aliphatic rings. The van der Waals surface area contributed by atoms with Crippen LogP contribution in [-0.2, 0) is 0 Å². The summed E-state index contributed by atoms with van der Waals surface area (Å²) in [5.74, 6) is -0.216. The van der Waals surface area contributed by atoms with Gasteiger partial charge in [-0.1, -0.05) is 6.07 Å². The van der Waals surface area contributed by atoms with Gasteiger partial charge in [0.2, 0.25) is 0 Å². The fourth-order valence-electron chi connectivity index (χ4n) is 1.98. The standard InChI is InChI=1S/C14H13N5O/c1-8-2-3-9(15)4-11(8)14(20)19-10-5-12-13(16-6-10)18-7-17-12/h2-7H,15H2,1H3,(H,19,20)(H,16,17,18). The molecule has 100 valence electrons. The Morgan fingerprint density at radius 2 is 2.15 bits per heavy atom. The van der Waals surface area contributed by atoms with Crippen molar-refractivity contribution in [3.05, 3.63) is 47.9 Å². The molecule has 0 saturated heterocycles. The van der Waals surface area contributed by atoms with Gasteiger partial charge in [0, 0.05) is 11.3 Å². The van der Waals surface area contributed by atoms with Gasteiger partial charge in [0.25, 0.3) is 5.91 Å². The van der Waals surface area contributed by atoms with Crippen LogP contribution in [-0.4, -0.2) is 20.9 Å². The Kier molecular flexibility index (Phi) is 2.83. The average molecular weight is 267 g/mol. The number of anilines is 2. The number of benzene rings is 1. The molecule has 6 nitrogen and oxygen atoms in total. The molecule has 2 aromatic heterocycles. The fraction of sp³-hybridized carbons (Fsp3) is 0.0714. The Morgan fingerprint density at radius 3 is 3.00 bits per heavy atom. The van der Waals surface area contributed by atoms with Crippen molar-refractivity contribution >= 4 is 28.4 Å². The summed E-state index contributed by atoms with van der Waals surface area (Å²) in [6.45, 7) is 1.86. The molecule has 6 heteroatoms. The van der Waals surface area contributed by atoms with E-state index >= 15 is 0 Å². The first kappa shape index (κ1) is 12.2. The number of carbonyl (C=O) groups excluding carboxylic acids is 1. The van der Waals surface area contributed by atoms with Crippen molar-refractivity contribution in [2.45, 2.75) is 6.92 Å². The van der Waals surface area contributed by atoms with Gasteiger partial charge in [0.15, 0.2) is 5.65 Å². The molecule has 1 amide bonds. The number of nitrogen functional groups attached to an aromatic ring is 1. The van der Waals surface area contributed by atoms with Crippen LogP contribution in [0.4, 0.5) is 11.4 Å². The maximum Gasteiger partial charge on any atom is 0.256 e. The third-order valence-corrected chi connectivity index (χ3v) is 3.04. The van der Waals surface area contributed by atoms with E-state index in [1.165, 1.54) is 0 Å². The van der Waals surface area contributed by atoms with Crippen LogP contribution in [0.25, 0.3) is 11.2 Å². The van der Waals surface area contributed by atoms with Crippen LogP contribution in [0, 0.1) is 6.92 Å². The van der Waals surface area contributed by atoms with Gasteiger partial charge in [-0.05, 0) is 30.7 Å². The number of rotatable bonds is 2. The zero-order valence-corrected chi connectivity index (χ0v) is 10.8. The smallest absolute Gasteiger partial charge is 0.256 e. The predicted molar refractivity (Wildman–Crippen MR) is 77.4 cm³/mol. The molecule has 0 aliphatic carbocycles. The highest BCUT2D eigenvalue weighted by atomic mass is 16.1. The zero-order valence-electron chi connectivity index (χ0n) is 10.8. The number of amides is 1. The van der Waals surface area contributed by atoms with Gasteiger partial charge in [-0.15, -0.1) is 0 Å². The molecule has 0 fully saturated rings. The monoisotopic (exact) mass is 267 g/mol. The number of imidazole rings is 1. The predicted octanol–water partition coefficient (Wildman–Crippen LogP) is 2.10. The molecule has 0 aliphatic heterocycles. The Bertz CT molecular complexity index is 793. The topological polar surface area (TPSA) is 96.7 Å². The summed E-state index contributed by atoms with van der Waals surface area (Å²) in [7, 11) is 0. The Balaban J connectivity index is 1.89. The molecule has 4 N–H and O–H groups in total. The molecule has 0 radical (unpaired) electrons. The number of H-pyrrole nitrogens is 1. The number of aromatic nitrogens is 3. The van der Waals surface area contributed by atoms with E-state index in [1.807, 2.05) is 13.0 Å². The third-order valence-electron chi connectivity index (χ3n) is 3.04. The first-order chi connectivity index (χ1) is 9.63. The number of hydrogen-bond acceptors (Lipinski definition) is 4. The molecule has 0 saturated carbocycles. The summed E-state index contributed by atoms with van der Waals surface area (Å²) >= 11 is 0. The van der Waals surface area contributed by atoms with Crippen molar-refractivity contribution in [1.82, 2.24) is 15.0 Å². The lowest BCUT2D eigenvalue weighted by Gasteiger charge is -2.08. The highest BCUT2D eigenvalue weighted by molar-refractivity contribution is 6.06. The molecule has 0 bridgehead atoms. The average Bonchev–Trinajstić information content (AvgIpc) is 2.89. The van der Waals surface area contributed by atoms with Gasteiger partial charge in [0.05, 0.1) is 18.2 Å². The van der Waals surface area contributed by atoms with Crippen LogP contribution < -0.4 is 11.1 Å². The Morgan fingerprint density at radius 1 is 1.30 bits per heavy atom. The second kappa shape index (κ2) is 4.65. The van der Waals surface area contributed by atoms with Crippen molar-refractivity contribution in [3.63, 3.8) is 0 Å². The lowest BCUT2D eigenvalue weighted by atomic mass is 10.1. The molecule has 0 unspecified atom stereocenters. The van der Waals surface area contributed by atoms with Gasteiger partial charge in [-0.2, -0.15) is 0 Å². The van der Waals surface area contributed by atoms with E-state index in [-0.39, 0.29) is 5.91 Å². The van der Waals surface area contributed by atoms with Crippen molar-refractivity contribution < 1.29 is 4.79 Å². The molecule has 0 atom stereocenters. The molecule has 3 rings (SSSR count). The van der Waals surface area contributed by atoms with Crippen LogP contribution >= 0.6 is 0 Å². The number of aryl methyl sites for hydroxylation is 1. The number of hydrogen-bond donors (Lipinski definition) is 3. The van der Waals surface area contributed by atoms with Crippen molar-refractivity contribution in [2.75, 3.05) is 11.1 Å². The van der Waals surface area contributed by atoms with E-state index in [0.29, 0.717) is 28.1 Å². The fourth-order valence-corrected chi connectivity index (χ4v) is 1.98. The number of aromatic amines is 1. The minimum Gasteiger partial charge on any atom is -0.399 e. The first-order valence-electron chi connectivity index (χ1n) is 6.10. The number of pyridine rings is 1. The molecule has 0 spiro atoms. The minimum atomic E-state index is -0.216. The first-order valence-corrected chi connectivity index (χ1v) is 6.10. The van der Waals surface area contributed by atoms with Crippen LogP contribution in [0.5, 0.6) is 0 Å². The van der Waals surface area contributed by atoms with E-state index < -0.39 is 0 Å². The van der Waals surface area contributed by atoms with Crippen molar-refractivity contribution in [3.8, 4) is 0 Å². The lowest BCUT2D eigenvalue weighted by molar-refractivity contribution is 0.102. The maximum absolute atomic E-state index is 12.2. The summed E-state index contributed by atoms with van der Waals surface area (Å²) < 4.78 is 0. The molecule has 1 aromatic carbocycles. The number of fused-ring (bicyclic) bond motifs is 1. The van der Waals surface area contributed by atoms with Gasteiger partial charge >= 0.3 is 0 Å².